The summed E-state index contributed by atoms with van der Waals surface area (Å²) in [6, 6.07) is 7.01. The van der Waals surface area contributed by atoms with Crippen LogP contribution in [0.25, 0.3) is 0 Å². The molecule has 102 valence electrons. The van der Waals surface area contributed by atoms with E-state index in [9.17, 15) is 0 Å². The van der Waals surface area contributed by atoms with Gasteiger partial charge in [0.25, 0.3) is 0 Å². The van der Waals surface area contributed by atoms with Gasteiger partial charge < -0.3 is 5.32 Å². The molecule has 0 bridgehead atoms. The molecule has 1 atom stereocenters. The molecular weight excluding hydrogens is 234 g/mol. The van der Waals surface area contributed by atoms with Gasteiger partial charge in [0, 0.05) is 17.8 Å². The first-order chi connectivity index (χ1) is 9.08. The number of hydrogen-bond donors (Lipinski definition) is 1. The van der Waals surface area contributed by atoms with E-state index in [4.69, 9.17) is 0 Å². The summed E-state index contributed by atoms with van der Waals surface area (Å²) in [6.07, 6.45) is 4.08. The molecular formula is C16H23N3. The zero-order valence-corrected chi connectivity index (χ0v) is 12.3. The van der Waals surface area contributed by atoms with E-state index in [1.54, 1.807) is 0 Å². The van der Waals surface area contributed by atoms with Gasteiger partial charge in [0.1, 0.15) is 0 Å². The molecule has 1 aromatic heterocycles. The Hall–Kier alpha value is -1.61. The van der Waals surface area contributed by atoms with Crippen molar-refractivity contribution in [3.05, 3.63) is 52.8 Å². The van der Waals surface area contributed by atoms with E-state index in [0.29, 0.717) is 6.04 Å². The van der Waals surface area contributed by atoms with Crippen LogP contribution in [0.3, 0.4) is 0 Å². The van der Waals surface area contributed by atoms with Crippen LogP contribution < -0.4 is 5.32 Å². The van der Waals surface area contributed by atoms with Crippen molar-refractivity contribution in [1.29, 1.82) is 0 Å². The fourth-order valence-electron chi connectivity index (χ4n) is 2.46. The monoisotopic (exact) mass is 257 g/mol. The number of nitrogens with one attached hydrogen (secondary N) is 1. The highest BCUT2D eigenvalue weighted by Gasteiger charge is 2.07. The van der Waals surface area contributed by atoms with Gasteiger partial charge in [-0.25, -0.2) is 0 Å². The largest absolute Gasteiger partial charge is 0.310 e. The third kappa shape index (κ3) is 3.67. The fourth-order valence-corrected chi connectivity index (χ4v) is 2.46. The Labute approximate surface area is 115 Å². The molecule has 1 N–H and O–H groups in total. The zero-order valence-electron chi connectivity index (χ0n) is 12.3. The standard InChI is InChI=1S/C16H23N3/c1-5-17-14(4)16-9-18-19(11-16)10-15-7-12(2)6-13(3)8-15/h6-9,11,14,17H,5,10H2,1-4H3. The molecule has 0 fully saturated rings. The van der Waals surface area contributed by atoms with Gasteiger partial charge in [-0.2, -0.15) is 5.10 Å². The van der Waals surface area contributed by atoms with Crippen LogP contribution in [-0.2, 0) is 6.54 Å². The number of aryl methyl sites for hydroxylation is 2. The minimum Gasteiger partial charge on any atom is -0.310 e. The van der Waals surface area contributed by atoms with E-state index in [-0.39, 0.29) is 0 Å². The summed E-state index contributed by atoms with van der Waals surface area (Å²) in [5.74, 6) is 0. The summed E-state index contributed by atoms with van der Waals surface area (Å²) in [6.45, 7) is 10.4. The van der Waals surface area contributed by atoms with E-state index < -0.39 is 0 Å². The van der Waals surface area contributed by atoms with Gasteiger partial charge in [-0.05, 0) is 32.9 Å². The SMILES string of the molecule is CCNC(C)c1cnn(Cc2cc(C)cc(C)c2)c1. The Kier molecular flexibility index (Phi) is 4.38. The first-order valence-corrected chi connectivity index (χ1v) is 6.91. The summed E-state index contributed by atoms with van der Waals surface area (Å²) >= 11 is 0. The van der Waals surface area contributed by atoms with Crippen LogP contribution in [0.1, 0.15) is 42.1 Å². The van der Waals surface area contributed by atoms with Gasteiger partial charge in [-0.15, -0.1) is 0 Å². The molecule has 0 saturated carbocycles. The summed E-state index contributed by atoms with van der Waals surface area (Å²) in [7, 11) is 0. The van der Waals surface area contributed by atoms with Crippen LogP contribution in [0, 0.1) is 13.8 Å². The second-order valence-corrected chi connectivity index (χ2v) is 5.25. The van der Waals surface area contributed by atoms with Crippen molar-refractivity contribution in [3.63, 3.8) is 0 Å². The molecule has 19 heavy (non-hydrogen) atoms. The van der Waals surface area contributed by atoms with Crippen molar-refractivity contribution in [2.45, 2.75) is 40.3 Å². The number of benzene rings is 1. The Morgan fingerprint density at radius 2 is 1.89 bits per heavy atom. The number of nitrogens with zero attached hydrogens (tertiary/aromatic N) is 2. The summed E-state index contributed by atoms with van der Waals surface area (Å²) in [5.41, 5.74) is 5.17. The van der Waals surface area contributed by atoms with Crippen molar-refractivity contribution < 1.29 is 0 Å². The lowest BCUT2D eigenvalue weighted by molar-refractivity contribution is 0.596. The number of aromatic nitrogens is 2. The molecule has 0 saturated heterocycles. The molecule has 0 amide bonds. The van der Waals surface area contributed by atoms with Gasteiger partial charge in [-0.3, -0.25) is 4.68 Å². The van der Waals surface area contributed by atoms with Crippen molar-refractivity contribution in [3.8, 4) is 0 Å². The molecule has 2 rings (SSSR count). The lowest BCUT2D eigenvalue weighted by Crippen LogP contribution is -2.17. The van der Waals surface area contributed by atoms with E-state index in [1.165, 1.54) is 22.3 Å². The first kappa shape index (κ1) is 13.8. The van der Waals surface area contributed by atoms with E-state index >= 15 is 0 Å². The minimum absolute atomic E-state index is 0.359. The van der Waals surface area contributed by atoms with Crippen LogP contribution in [0.2, 0.25) is 0 Å². The molecule has 1 unspecified atom stereocenters. The van der Waals surface area contributed by atoms with Crippen LogP contribution >= 0.6 is 0 Å². The molecule has 0 aliphatic heterocycles. The molecule has 1 aromatic carbocycles. The summed E-state index contributed by atoms with van der Waals surface area (Å²) < 4.78 is 2.01. The average Bonchev–Trinajstić information content (AvgIpc) is 2.76. The molecule has 0 spiro atoms. The van der Waals surface area contributed by atoms with Crippen LogP contribution in [0.5, 0.6) is 0 Å². The Morgan fingerprint density at radius 1 is 1.21 bits per heavy atom. The van der Waals surface area contributed by atoms with Crippen molar-refractivity contribution in [2.24, 2.45) is 0 Å². The van der Waals surface area contributed by atoms with Gasteiger partial charge in [0.15, 0.2) is 0 Å². The third-order valence-corrected chi connectivity index (χ3v) is 3.29. The van der Waals surface area contributed by atoms with Crippen LogP contribution in [0.15, 0.2) is 30.6 Å². The maximum absolute atomic E-state index is 4.45. The van der Waals surface area contributed by atoms with Crippen molar-refractivity contribution >= 4 is 0 Å². The maximum atomic E-state index is 4.45. The average molecular weight is 257 g/mol. The second kappa shape index (κ2) is 6.02. The smallest absolute Gasteiger partial charge is 0.0659 e. The summed E-state index contributed by atoms with van der Waals surface area (Å²) in [4.78, 5) is 0. The van der Waals surface area contributed by atoms with Gasteiger partial charge in [0.05, 0.1) is 12.7 Å². The first-order valence-electron chi connectivity index (χ1n) is 6.91. The predicted octanol–water partition coefficient (Wildman–Crippen LogP) is 3.22. The predicted molar refractivity (Wildman–Crippen MR) is 79.3 cm³/mol. The molecule has 0 aliphatic carbocycles. The van der Waals surface area contributed by atoms with Crippen molar-refractivity contribution in [1.82, 2.24) is 15.1 Å². The quantitative estimate of drug-likeness (QED) is 0.891. The Morgan fingerprint density at radius 3 is 2.53 bits per heavy atom. The highest BCUT2D eigenvalue weighted by molar-refractivity contribution is 5.28. The molecule has 3 nitrogen and oxygen atoms in total. The van der Waals surface area contributed by atoms with E-state index in [0.717, 1.165) is 13.1 Å². The van der Waals surface area contributed by atoms with Crippen LogP contribution in [-0.4, -0.2) is 16.3 Å². The fraction of sp³-hybridized carbons (Fsp3) is 0.438. The van der Waals surface area contributed by atoms with Gasteiger partial charge in [-0.1, -0.05) is 36.2 Å². The topological polar surface area (TPSA) is 29.9 Å². The highest BCUT2D eigenvalue weighted by atomic mass is 15.3. The van der Waals surface area contributed by atoms with Crippen molar-refractivity contribution in [2.75, 3.05) is 6.54 Å². The van der Waals surface area contributed by atoms with Gasteiger partial charge >= 0.3 is 0 Å². The second-order valence-electron chi connectivity index (χ2n) is 5.25. The zero-order chi connectivity index (χ0) is 13.8. The van der Waals surface area contributed by atoms with E-state index in [1.807, 2.05) is 10.9 Å². The minimum atomic E-state index is 0.359. The summed E-state index contributed by atoms with van der Waals surface area (Å²) in [5, 5.41) is 7.85. The lowest BCUT2D eigenvalue weighted by atomic mass is 10.1. The normalized spacial score (nSPS) is 12.6. The Bertz CT molecular complexity index is 522. The molecule has 2 aromatic rings. The highest BCUT2D eigenvalue weighted by Crippen LogP contribution is 2.13. The molecule has 3 heteroatoms. The van der Waals surface area contributed by atoms with E-state index in [2.05, 4.69) is 62.5 Å². The maximum Gasteiger partial charge on any atom is 0.0659 e. The van der Waals surface area contributed by atoms with Gasteiger partial charge in [0.2, 0.25) is 0 Å². The number of rotatable bonds is 5. The molecule has 0 radical (unpaired) electrons. The lowest BCUT2D eigenvalue weighted by Gasteiger charge is -2.09. The number of hydrogen-bond acceptors (Lipinski definition) is 2. The molecule has 1 heterocycles. The Balaban J connectivity index is 2.11. The molecule has 0 aliphatic rings. The third-order valence-electron chi connectivity index (χ3n) is 3.29. The van der Waals surface area contributed by atoms with Crippen LogP contribution in [0.4, 0.5) is 0 Å².